The number of carbonyl (C=O) groups is 3. The number of hydrazine groups is 1. The summed E-state index contributed by atoms with van der Waals surface area (Å²) in [6.07, 6.45) is 3.97. The maximum absolute atomic E-state index is 14.4. The maximum Gasteiger partial charge on any atom is 0.247 e. The molecule has 0 saturated carbocycles. The Balaban J connectivity index is 2.57. The van der Waals surface area contributed by atoms with Gasteiger partial charge in [0.05, 0.1) is 11.8 Å². The van der Waals surface area contributed by atoms with Crippen molar-refractivity contribution in [1.29, 1.82) is 0 Å². The number of ketones is 1. The van der Waals surface area contributed by atoms with Crippen LogP contribution in [-0.2, 0) is 14.4 Å². The Bertz CT molecular complexity index is 922. The second-order valence-electron chi connectivity index (χ2n) is 9.26. The summed E-state index contributed by atoms with van der Waals surface area (Å²) in [4.78, 5) is 40.5. The zero-order valence-electron chi connectivity index (χ0n) is 20.8. The molecule has 2 amide bonds. The van der Waals surface area contributed by atoms with Gasteiger partial charge in [-0.05, 0) is 30.7 Å². The third-order valence-corrected chi connectivity index (χ3v) is 6.27. The fraction of sp³-hybridized carbons (Fsp3) is 0.542. The second kappa shape index (κ2) is 13.0. The average molecular weight is 488 g/mol. The van der Waals surface area contributed by atoms with E-state index >= 15 is 0 Å². The summed E-state index contributed by atoms with van der Waals surface area (Å²) in [7, 11) is 1.62. The van der Waals surface area contributed by atoms with Crippen LogP contribution >= 0.6 is 0 Å². The van der Waals surface area contributed by atoms with E-state index in [1.54, 1.807) is 18.6 Å². The van der Waals surface area contributed by atoms with E-state index in [2.05, 4.69) is 21.3 Å². The van der Waals surface area contributed by atoms with E-state index in [4.69, 9.17) is 5.84 Å². The first-order valence-electron chi connectivity index (χ1n) is 11.8. The number of allylic oxidation sites excluding steroid dienone is 1. The standard InChI is InChI=1S/C24H37N7O4/c1-5-14-24(15-16(2)3,23(34)26-25)20(32)19(21-27-29-30-31(21)4)18(22(33)28-35)13-9-12-17-10-7-6-8-11-17/h6-12,16,18-19,21,35H,5,13-15,25H2,1-4H3,(H,26,34)(H,27,30)(H,28,33)/b12-9+/t18-,19-,21?,24?/m0/s1. The van der Waals surface area contributed by atoms with Gasteiger partial charge in [0.1, 0.15) is 11.6 Å². The molecule has 0 aromatic heterocycles. The van der Waals surface area contributed by atoms with E-state index < -0.39 is 41.0 Å². The molecule has 6 N–H and O–H groups in total. The van der Waals surface area contributed by atoms with Crippen LogP contribution in [0.1, 0.15) is 52.0 Å². The molecule has 2 unspecified atom stereocenters. The van der Waals surface area contributed by atoms with Gasteiger partial charge in [-0.25, -0.2) is 11.3 Å². The average Bonchev–Trinajstić information content (AvgIpc) is 3.27. The van der Waals surface area contributed by atoms with E-state index in [1.165, 1.54) is 5.01 Å². The number of nitrogens with two attached hydrogens (primary N) is 1. The maximum atomic E-state index is 14.4. The van der Waals surface area contributed by atoms with Crippen LogP contribution in [0.4, 0.5) is 0 Å². The van der Waals surface area contributed by atoms with E-state index in [-0.39, 0.29) is 25.2 Å². The van der Waals surface area contributed by atoms with Gasteiger partial charge in [-0.1, -0.05) is 80.1 Å². The molecule has 1 aromatic rings. The van der Waals surface area contributed by atoms with Gasteiger partial charge in [-0.15, -0.1) is 0 Å². The van der Waals surface area contributed by atoms with E-state index in [9.17, 15) is 19.6 Å². The zero-order chi connectivity index (χ0) is 26.0. The normalized spacial score (nSPS) is 18.7. The number of Topliss-reactive ketones (excluding diaryl/α,β-unsaturated/α-hetero) is 1. The van der Waals surface area contributed by atoms with Crippen molar-refractivity contribution in [3.8, 4) is 0 Å². The lowest BCUT2D eigenvalue weighted by Crippen LogP contribution is -2.58. The molecule has 1 aliphatic rings. The minimum absolute atomic E-state index is 0.00446. The fourth-order valence-electron chi connectivity index (χ4n) is 4.79. The van der Waals surface area contributed by atoms with Crippen LogP contribution in [-0.4, -0.2) is 41.0 Å². The van der Waals surface area contributed by atoms with Crippen molar-refractivity contribution in [2.24, 2.45) is 39.5 Å². The number of amides is 2. The lowest BCUT2D eigenvalue weighted by Gasteiger charge is -2.39. The van der Waals surface area contributed by atoms with Crippen LogP contribution in [0, 0.1) is 23.2 Å². The number of hydrogen-bond donors (Lipinski definition) is 5. The minimum atomic E-state index is -1.47. The number of carbonyl (C=O) groups excluding carboxylic acids is 3. The van der Waals surface area contributed by atoms with Crippen LogP contribution in [0.2, 0.25) is 0 Å². The van der Waals surface area contributed by atoms with Gasteiger partial charge in [0.15, 0.2) is 5.78 Å². The molecule has 0 aliphatic carbocycles. The fourth-order valence-corrected chi connectivity index (χ4v) is 4.79. The largest absolute Gasteiger partial charge is 0.298 e. The second-order valence-corrected chi connectivity index (χ2v) is 9.26. The van der Waals surface area contributed by atoms with Crippen molar-refractivity contribution in [3.63, 3.8) is 0 Å². The van der Waals surface area contributed by atoms with E-state index in [0.717, 1.165) is 5.56 Å². The molecular weight excluding hydrogens is 450 g/mol. The van der Waals surface area contributed by atoms with Gasteiger partial charge >= 0.3 is 0 Å². The number of hydroxylamine groups is 1. The van der Waals surface area contributed by atoms with Crippen LogP contribution in [0.5, 0.6) is 0 Å². The lowest BCUT2D eigenvalue weighted by molar-refractivity contribution is -0.153. The highest BCUT2D eigenvalue weighted by Crippen LogP contribution is 2.40. The quantitative estimate of drug-likeness (QED) is 0.0938. The number of benzene rings is 1. The van der Waals surface area contributed by atoms with Crippen LogP contribution in [0.15, 0.2) is 46.9 Å². The van der Waals surface area contributed by atoms with E-state index in [1.807, 2.05) is 57.2 Å². The first kappa shape index (κ1) is 27.9. The molecule has 0 spiro atoms. The lowest BCUT2D eigenvalue weighted by atomic mass is 9.65. The molecule has 0 fully saturated rings. The van der Waals surface area contributed by atoms with E-state index in [0.29, 0.717) is 6.42 Å². The summed E-state index contributed by atoms with van der Waals surface area (Å²) in [6, 6.07) is 9.49. The van der Waals surface area contributed by atoms with Gasteiger partial charge in [0.2, 0.25) is 11.8 Å². The summed E-state index contributed by atoms with van der Waals surface area (Å²) in [5.74, 6) is 1.65. The Labute approximate surface area is 206 Å². The topological polar surface area (TPSA) is 162 Å². The Kier molecular flexibility index (Phi) is 10.3. The molecule has 35 heavy (non-hydrogen) atoms. The molecular formula is C24H37N7O4. The van der Waals surface area contributed by atoms with Crippen molar-refractivity contribution in [2.45, 2.75) is 52.6 Å². The third-order valence-electron chi connectivity index (χ3n) is 6.27. The smallest absolute Gasteiger partial charge is 0.247 e. The van der Waals surface area contributed by atoms with Gasteiger partial charge in [-0.3, -0.25) is 35.5 Å². The minimum Gasteiger partial charge on any atom is -0.298 e. The van der Waals surface area contributed by atoms with Gasteiger partial charge in [-0.2, -0.15) is 0 Å². The zero-order valence-corrected chi connectivity index (χ0v) is 20.8. The first-order valence-corrected chi connectivity index (χ1v) is 11.8. The number of nitrogens with zero attached hydrogens (tertiary/aromatic N) is 3. The van der Waals surface area contributed by atoms with Crippen LogP contribution in [0.3, 0.4) is 0 Å². The molecule has 192 valence electrons. The molecule has 11 nitrogen and oxygen atoms in total. The van der Waals surface area contributed by atoms with Crippen molar-refractivity contribution in [2.75, 3.05) is 7.05 Å². The van der Waals surface area contributed by atoms with Crippen molar-refractivity contribution >= 4 is 23.7 Å². The van der Waals surface area contributed by atoms with Crippen LogP contribution in [0.25, 0.3) is 6.08 Å². The predicted octanol–water partition coefficient (Wildman–Crippen LogP) is 2.36. The molecule has 1 heterocycles. The molecule has 0 radical (unpaired) electrons. The summed E-state index contributed by atoms with van der Waals surface area (Å²) >= 11 is 0. The molecule has 0 saturated heterocycles. The third kappa shape index (κ3) is 6.64. The summed E-state index contributed by atoms with van der Waals surface area (Å²) in [5, 5.41) is 18.7. The molecule has 4 atom stereocenters. The molecule has 2 rings (SSSR count). The molecule has 11 heteroatoms. The van der Waals surface area contributed by atoms with Crippen molar-refractivity contribution < 1.29 is 19.6 Å². The van der Waals surface area contributed by atoms with Crippen molar-refractivity contribution in [1.82, 2.24) is 21.3 Å². The molecule has 1 aliphatic heterocycles. The Morgan fingerprint density at radius 1 is 1.29 bits per heavy atom. The highest BCUT2D eigenvalue weighted by molar-refractivity contribution is 6.08. The summed E-state index contributed by atoms with van der Waals surface area (Å²) < 4.78 is 0. The molecule has 0 bridgehead atoms. The predicted molar refractivity (Wildman–Crippen MR) is 131 cm³/mol. The highest BCUT2D eigenvalue weighted by Gasteiger charge is 2.53. The highest BCUT2D eigenvalue weighted by atomic mass is 16.5. The number of rotatable bonds is 13. The monoisotopic (exact) mass is 487 g/mol. The first-order chi connectivity index (χ1) is 16.7. The number of hydrogen-bond acceptors (Lipinski definition) is 9. The van der Waals surface area contributed by atoms with Gasteiger partial charge in [0, 0.05) is 7.05 Å². The van der Waals surface area contributed by atoms with Crippen LogP contribution < -0.4 is 22.2 Å². The summed E-state index contributed by atoms with van der Waals surface area (Å²) in [6.45, 7) is 5.72. The van der Waals surface area contributed by atoms with Gasteiger partial charge in [0.25, 0.3) is 0 Å². The molecule has 1 aromatic carbocycles. The van der Waals surface area contributed by atoms with Gasteiger partial charge < -0.3 is 0 Å². The Morgan fingerprint density at radius 2 is 1.97 bits per heavy atom. The SMILES string of the molecule is CCCC(CC(C)C)(C(=O)NN)C(=O)[C@@H](C1NN=NN1C)[C@H](C/C=C/c1ccccc1)C(=O)NO. The van der Waals surface area contributed by atoms with Crippen molar-refractivity contribution in [3.05, 3.63) is 42.0 Å². The number of nitrogens with one attached hydrogen (secondary N) is 3. The Morgan fingerprint density at radius 3 is 2.49 bits per heavy atom. The summed E-state index contributed by atoms with van der Waals surface area (Å²) in [5.41, 5.74) is 6.12. The Hall–Kier alpha value is -3.31.